The van der Waals surface area contributed by atoms with Gasteiger partial charge < -0.3 is 10.1 Å². The third-order valence-corrected chi connectivity index (χ3v) is 4.47. The fourth-order valence-electron chi connectivity index (χ4n) is 3.29. The molecule has 6 heteroatoms. The molecule has 120 valence electrons. The Morgan fingerprint density at radius 3 is 3.00 bits per heavy atom. The predicted octanol–water partition coefficient (Wildman–Crippen LogP) is 0.457. The number of rotatable bonds is 4. The molecule has 1 aromatic carbocycles. The number of amides is 1. The van der Waals surface area contributed by atoms with Crippen molar-refractivity contribution >= 4 is 5.91 Å². The molecule has 0 aliphatic carbocycles. The van der Waals surface area contributed by atoms with Gasteiger partial charge in [0.15, 0.2) is 0 Å². The molecule has 2 atom stereocenters. The van der Waals surface area contributed by atoms with Gasteiger partial charge in [-0.2, -0.15) is 0 Å². The molecule has 2 aliphatic rings. The SMILES string of the molecule is CNC(=O)CN1CCO[C@@H]2CN(Cc3ccccc3F)C[C@@H]21. The lowest BCUT2D eigenvalue weighted by atomic mass is 10.1. The number of fused-ring (bicyclic) bond motifs is 1. The second kappa shape index (κ2) is 6.73. The molecule has 22 heavy (non-hydrogen) atoms. The summed E-state index contributed by atoms with van der Waals surface area (Å²) >= 11 is 0. The number of nitrogens with one attached hydrogen (secondary N) is 1. The van der Waals surface area contributed by atoms with Crippen molar-refractivity contribution in [3.63, 3.8) is 0 Å². The fraction of sp³-hybridized carbons (Fsp3) is 0.562. The maximum atomic E-state index is 13.8. The summed E-state index contributed by atoms with van der Waals surface area (Å²) in [6.07, 6.45) is 0.102. The van der Waals surface area contributed by atoms with Gasteiger partial charge in [-0.15, -0.1) is 0 Å². The van der Waals surface area contributed by atoms with Crippen molar-refractivity contribution in [2.75, 3.05) is 39.8 Å². The van der Waals surface area contributed by atoms with Crippen LogP contribution in [-0.4, -0.2) is 67.7 Å². The maximum absolute atomic E-state index is 13.8. The molecule has 5 nitrogen and oxygen atoms in total. The van der Waals surface area contributed by atoms with E-state index in [0.717, 1.165) is 19.6 Å². The Labute approximate surface area is 130 Å². The highest BCUT2D eigenvalue weighted by Crippen LogP contribution is 2.24. The number of carbonyl (C=O) groups excluding carboxylic acids is 1. The number of ether oxygens (including phenoxy) is 1. The van der Waals surface area contributed by atoms with Crippen LogP contribution >= 0.6 is 0 Å². The lowest BCUT2D eigenvalue weighted by molar-refractivity contribution is -0.125. The normalized spacial score (nSPS) is 25.9. The monoisotopic (exact) mass is 307 g/mol. The van der Waals surface area contributed by atoms with Crippen LogP contribution in [0.25, 0.3) is 0 Å². The van der Waals surface area contributed by atoms with Gasteiger partial charge >= 0.3 is 0 Å². The highest BCUT2D eigenvalue weighted by atomic mass is 19.1. The van der Waals surface area contributed by atoms with Crippen LogP contribution in [0.1, 0.15) is 5.56 Å². The van der Waals surface area contributed by atoms with Gasteiger partial charge in [-0.3, -0.25) is 14.6 Å². The number of hydrogen-bond acceptors (Lipinski definition) is 4. The second-order valence-electron chi connectivity index (χ2n) is 5.91. The van der Waals surface area contributed by atoms with Gasteiger partial charge in [0.1, 0.15) is 5.82 Å². The number of benzene rings is 1. The Hall–Kier alpha value is -1.50. The highest BCUT2D eigenvalue weighted by Gasteiger charge is 2.40. The number of halogens is 1. The molecule has 2 fully saturated rings. The lowest BCUT2D eigenvalue weighted by Gasteiger charge is -2.36. The van der Waals surface area contributed by atoms with Crippen LogP contribution in [0.2, 0.25) is 0 Å². The zero-order valence-electron chi connectivity index (χ0n) is 12.8. The summed E-state index contributed by atoms with van der Waals surface area (Å²) < 4.78 is 19.6. The molecule has 2 heterocycles. The largest absolute Gasteiger partial charge is 0.374 e. The van der Waals surface area contributed by atoms with E-state index in [1.54, 1.807) is 13.1 Å². The zero-order chi connectivity index (χ0) is 15.5. The molecule has 1 N–H and O–H groups in total. The van der Waals surface area contributed by atoms with E-state index in [-0.39, 0.29) is 23.9 Å². The van der Waals surface area contributed by atoms with Gasteiger partial charge in [0.25, 0.3) is 0 Å². The van der Waals surface area contributed by atoms with Crippen LogP contribution in [0.3, 0.4) is 0 Å². The Kier molecular flexibility index (Phi) is 4.71. The van der Waals surface area contributed by atoms with Crippen LogP contribution in [0, 0.1) is 5.82 Å². The quantitative estimate of drug-likeness (QED) is 0.878. The molecule has 2 aliphatic heterocycles. The molecule has 2 saturated heterocycles. The molecular weight excluding hydrogens is 285 g/mol. The number of likely N-dealkylation sites (tertiary alicyclic amines) is 1. The summed E-state index contributed by atoms with van der Waals surface area (Å²) in [4.78, 5) is 16.0. The van der Waals surface area contributed by atoms with E-state index in [1.807, 2.05) is 12.1 Å². The highest BCUT2D eigenvalue weighted by molar-refractivity contribution is 5.77. The molecule has 0 saturated carbocycles. The molecule has 0 aromatic heterocycles. The number of nitrogens with zero attached hydrogens (tertiary/aromatic N) is 2. The number of morpholine rings is 1. The molecule has 3 rings (SSSR count). The van der Waals surface area contributed by atoms with E-state index >= 15 is 0 Å². The van der Waals surface area contributed by atoms with Gasteiger partial charge in [-0.1, -0.05) is 18.2 Å². The van der Waals surface area contributed by atoms with Crippen LogP contribution in [0.4, 0.5) is 4.39 Å². The molecule has 0 spiro atoms. The second-order valence-corrected chi connectivity index (χ2v) is 5.91. The average Bonchev–Trinajstić information content (AvgIpc) is 2.93. The minimum Gasteiger partial charge on any atom is -0.374 e. The first-order valence-corrected chi connectivity index (χ1v) is 7.69. The van der Waals surface area contributed by atoms with Crippen molar-refractivity contribution in [2.24, 2.45) is 0 Å². The first-order chi connectivity index (χ1) is 10.7. The molecule has 1 aromatic rings. The van der Waals surface area contributed by atoms with Gasteiger partial charge in [0, 0.05) is 38.8 Å². The molecule has 0 unspecified atom stereocenters. The summed E-state index contributed by atoms with van der Waals surface area (Å²) in [5.41, 5.74) is 0.707. The summed E-state index contributed by atoms with van der Waals surface area (Å²) in [7, 11) is 1.65. The summed E-state index contributed by atoms with van der Waals surface area (Å²) in [5.74, 6) is -0.145. The van der Waals surface area contributed by atoms with Crippen molar-refractivity contribution in [3.05, 3.63) is 35.6 Å². The van der Waals surface area contributed by atoms with Gasteiger partial charge in [0.2, 0.25) is 5.91 Å². The predicted molar refractivity (Wildman–Crippen MR) is 80.8 cm³/mol. The average molecular weight is 307 g/mol. The van der Waals surface area contributed by atoms with Crippen LogP contribution in [0.15, 0.2) is 24.3 Å². The molecular formula is C16H22FN3O2. The Morgan fingerprint density at radius 1 is 1.41 bits per heavy atom. The smallest absolute Gasteiger partial charge is 0.233 e. The van der Waals surface area contributed by atoms with E-state index in [4.69, 9.17) is 4.74 Å². The van der Waals surface area contributed by atoms with Crippen molar-refractivity contribution in [1.29, 1.82) is 0 Å². The first-order valence-electron chi connectivity index (χ1n) is 7.69. The van der Waals surface area contributed by atoms with Crippen LogP contribution in [0.5, 0.6) is 0 Å². The third kappa shape index (κ3) is 3.29. The Morgan fingerprint density at radius 2 is 2.23 bits per heavy atom. The van der Waals surface area contributed by atoms with E-state index < -0.39 is 0 Å². The summed E-state index contributed by atoms with van der Waals surface area (Å²) in [5, 5.41) is 2.67. The van der Waals surface area contributed by atoms with E-state index in [2.05, 4.69) is 15.1 Å². The lowest BCUT2D eigenvalue weighted by Crippen LogP contribution is -2.53. The molecule has 0 bridgehead atoms. The van der Waals surface area contributed by atoms with E-state index in [0.29, 0.717) is 25.3 Å². The Balaban J connectivity index is 1.64. The zero-order valence-corrected chi connectivity index (χ0v) is 12.8. The Bertz CT molecular complexity index is 540. The van der Waals surface area contributed by atoms with Gasteiger partial charge in [-0.25, -0.2) is 4.39 Å². The molecule has 0 radical (unpaired) electrons. The van der Waals surface area contributed by atoms with Crippen molar-refractivity contribution in [1.82, 2.24) is 15.1 Å². The molecule has 1 amide bonds. The standard InChI is InChI=1S/C16H22FN3O2/c1-18-16(21)11-20-6-7-22-15-10-19(9-14(15)20)8-12-4-2-3-5-13(12)17/h2-5,14-15H,6-11H2,1H3,(H,18,21)/t14-,15+/m0/s1. The van der Waals surface area contributed by atoms with Crippen LogP contribution in [-0.2, 0) is 16.1 Å². The van der Waals surface area contributed by atoms with E-state index in [9.17, 15) is 9.18 Å². The summed E-state index contributed by atoms with van der Waals surface area (Å²) in [6.45, 7) is 3.97. The van der Waals surface area contributed by atoms with Gasteiger partial charge in [0.05, 0.1) is 25.3 Å². The third-order valence-electron chi connectivity index (χ3n) is 4.47. The number of carbonyl (C=O) groups is 1. The van der Waals surface area contributed by atoms with Crippen molar-refractivity contribution in [3.8, 4) is 0 Å². The number of likely N-dealkylation sites (N-methyl/N-ethyl adjacent to an activating group) is 1. The van der Waals surface area contributed by atoms with Crippen molar-refractivity contribution < 1.29 is 13.9 Å². The van der Waals surface area contributed by atoms with Crippen LogP contribution < -0.4 is 5.32 Å². The first kappa shape index (κ1) is 15.4. The minimum atomic E-state index is -0.166. The number of hydrogen-bond donors (Lipinski definition) is 1. The maximum Gasteiger partial charge on any atom is 0.233 e. The van der Waals surface area contributed by atoms with E-state index in [1.165, 1.54) is 6.07 Å². The topological polar surface area (TPSA) is 44.8 Å². The summed E-state index contributed by atoms with van der Waals surface area (Å²) in [6, 6.07) is 7.08. The van der Waals surface area contributed by atoms with Gasteiger partial charge in [-0.05, 0) is 6.07 Å². The minimum absolute atomic E-state index is 0.0215. The van der Waals surface area contributed by atoms with Crippen molar-refractivity contribution in [2.45, 2.75) is 18.7 Å². The fourth-order valence-corrected chi connectivity index (χ4v) is 3.29.